The molecule has 0 aromatic carbocycles. The van der Waals surface area contributed by atoms with Gasteiger partial charge in [-0.15, -0.1) is 0 Å². The number of halogens is 1. The first kappa shape index (κ1) is 7.17. The maximum atomic E-state index is 10.8. The van der Waals surface area contributed by atoms with Crippen molar-refractivity contribution >= 4 is 28.5 Å². The fourth-order valence-corrected chi connectivity index (χ4v) is 1.21. The predicted octanol–water partition coefficient (Wildman–Crippen LogP) is 1.01. The van der Waals surface area contributed by atoms with E-state index in [4.69, 9.17) is 17.3 Å². The number of rotatable bonds is 0. The third-order valence-electron chi connectivity index (χ3n) is 1.45. The van der Waals surface area contributed by atoms with Crippen LogP contribution in [0.15, 0.2) is 12.4 Å². The second-order valence-electron chi connectivity index (χ2n) is 2.29. The monoisotopic (exact) mass is 183 g/mol. The lowest BCUT2D eigenvalue weighted by Gasteiger charge is -2.00. The molecule has 0 bridgehead atoms. The van der Waals surface area contributed by atoms with E-state index in [9.17, 15) is 5.21 Å². The highest BCUT2D eigenvalue weighted by atomic mass is 35.5. The van der Waals surface area contributed by atoms with Crippen LogP contribution in [0.25, 0.3) is 10.9 Å². The van der Waals surface area contributed by atoms with E-state index >= 15 is 0 Å². The van der Waals surface area contributed by atoms with Crippen LogP contribution >= 0.6 is 11.6 Å². The van der Waals surface area contributed by atoms with E-state index in [1.807, 2.05) is 0 Å². The first-order valence-electron chi connectivity index (χ1n) is 3.15. The lowest BCUT2D eigenvalue weighted by molar-refractivity contribution is 1.11. The Morgan fingerprint density at radius 2 is 2.17 bits per heavy atom. The maximum absolute atomic E-state index is 10.8. The molecule has 0 radical (unpaired) electrons. The molecule has 0 saturated heterocycles. The molecule has 2 heterocycles. The Kier molecular flexibility index (Phi) is 1.34. The second kappa shape index (κ2) is 2.25. The third kappa shape index (κ3) is 0.947. The Morgan fingerprint density at radius 3 is 2.92 bits per heavy atom. The standard InChI is InChI=1S/C6H4ClN4O/c7-5-3-1-11(12)2-4(3)9-6(8)10-5/h1-2H,(H2,8,9)/q-1. The van der Waals surface area contributed by atoms with Crippen molar-refractivity contribution in [1.82, 2.24) is 14.7 Å². The molecule has 6 heteroatoms. The van der Waals surface area contributed by atoms with Gasteiger partial charge in [-0.25, -0.2) is 9.97 Å². The molecule has 2 aromatic heterocycles. The van der Waals surface area contributed by atoms with Crippen LogP contribution in [0.1, 0.15) is 0 Å². The molecule has 62 valence electrons. The van der Waals surface area contributed by atoms with Crippen LogP contribution in [-0.4, -0.2) is 14.7 Å². The zero-order valence-electron chi connectivity index (χ0n) is 5.86. The Bertz CT molecular complexity index is 438. The summed E-state index contributed by atoms with van der Waals surface area (Å²) in [6, 6.07) is 0. The molecule has 0 aliphatic carbocycles. The number of nitrogen functional groups attached to an aromatic ring is 1. The smallest absolute Gasteiger partial charge is 0.222 e. The van der Waals surface area contributed by atoms with Gasteiger partial charge in [0, 0.05) is 12.4 Å². The number of fused-ring (bicyclic) bond motifs is 1. The Hall–Kier alpha value is -1.49. The summed E-state index contributed by atoms with van der Waals surface area (Å²) in [5, 5.41) is 11.5. The maximum Gasteiger partial charge on any atom is 0.222 e. The van der Waals surface area contributed by atoms with Crippen molar-refractivity contribution in [3.05, 3.63) is 22.8 Å². The van der Waals surface area contributed by atoms with Gasteiger partial charge >= 0.3 is 0 Å². The van der Waals surface area contributed by atoms with Crippen molar-refractivity contribution in [2.75, 3.05) is 5.73 Å². The third-order valence-corrected chi connectivity index (χ3v) is 1.74. The van der Waals surface area contributed by atoms with Gasteiger partial charge in [-0.2, -0.15) is 0 Å². The van der Waals surface area contributed by atoms with Gasteiger partial charge in [0.2, 0.25) is 5.95 Å². The Morgan fingerprint density at radius 1 is 1.42 bits per heavy atom. The molecule has 0 unspecified atom stereocenters. The van der Waals surface area contributed by atoms with Crippen molar-refractivity contribution < 1.29 is 0 Å². The number of hydrogen-bond donors (Lipinski definition) is 1. The topological polar surface area (TPSA) is 79.8 Å². The molecule has 0 spiro atoms. The predicted molar refractivity (Wildman–Crippen MR) is 45.7 cm³/mol. The molecule has 0 fully saturated rings. The van der Waals surface area contributed by atoms with Crippen LogP contribution in [0, 0.1) is 5.21 Å². The molecule has 0 saturated carbocycles. The average molecular weight is 184 g/mol. The Balaban J connectivity index is 2.88. The zero-order chi connectivity index (χ0) is 8.72. The molecular formula is C6H4ClN4O-. The van der Waals surface area contributed by atoms with Crippen LogP contribution in [0.3, 0.4) is 0 Å². The minimum atomic E-state index is 0.0682. The molecule has 2 aromatic rings. The normalized spacial score (nSPS) is 10.8. The zero-order valence-corrected chi connectivity index (χ0v) is 6.62. The van der Waals surface area contributed by atoms with Crippen LogP contribution in [0.2, 0.25) is 5.15 Å². The summed E-state index contributed by atoms with van der Waals surface area (Å²) < 4.78 is 0.616. The minimum Gasteiger partial charge on any atom is -0.806 e. The van der Waals surface area contributed by atoms with E-state index in [2.05, 4.69) is 9.97 Å². The molecule has 0 aliphatic rings. The largest absolute Gasteiger partial charge is 0.806 e. The Labute approximate surface area is 72.4 Å². The van der Waals surface area contributed by atoms with Crippen molar-refractivity contribution in [3.8, 4) is 0 Å². The molecule has 0 aliphatic heterocycles. The van der Waals surface area contributed by atoms with Gasteiger partial charge in [-0.3, -0.25) is 0 Å². The van der Waals surface area contributed by atoms with Gasteiger partial charge in [0.25, 0.3) is 0 Å². The minimum absolute atomic E-state index is 0.0682. The highest BCUT2D eigenvalue weighted by molar-refractivity contribution is 6.34. The van der Waals surface area contributed by atoms with E-state index in [0.29, 0.717) is 15.6 Å². The van der Waals surface area contributed by atoms with E-state index in [0.717, 1.165) is 0 Å². The van der Waals surface area contributed by atoms with Crippen molar-refractivity contribution in [3.63, 3.8) is 0 Å². The average Bonchev–Trinajstić information content (AvgIpc) is 2.29. The molecule has 0 amide bonds. The molecule has 12 heavy (non-hydrogen) atoms. The fourth-order valence-electron chi connectivity index (χ4n) is 0.978. The van der Waals surface area contributed by atoms with Gasteiger partial charge in [0.1, 0.15) is 5.15 Å². The quantitative estimate of drug-likeness (QED) is 0.619. The summed E-state index contributed by atoms with van der Waals surface area (Å²) in [6.07, 6.45) is 2.59. The van der Waals surface area contributed by atoms with Crippen LogP contribution < -0.4 is 5.73 Å². The number of nitrogens with zero attached hydrogens (tertiary/aromatic N) is 3. The van der Waals surface area contributed by atoms with Gasteiger partial charge in [-0.1, -0.05) is 11.6 Å². The summed E-state index contributed by atoms with van der Waals surface area (Å²) in [6.45, 7) is 0. The van der Waals surface area contributed by atoms with Crippen LogP contribution in [0.4, 0.5) is 5.95 Å². The van der Waals surface area contributed by atoms with Gasteiger partial charge in [0.05, 0.1) is 10.9 Å². The van der Waals surface area contributed by atoms with Gasteiger partial charge in [-0.05, 0) is 0 Å². The highest BCUT2D eigenvalue weighted by Crippen LogP contribution is 2.21. The first-order chi connectivity index (χ1) is 5.66. The molecular weight excluding hydrogens is 180 g/mol. The van der Waals surface area contributed by atoms with Crippen molar-refractivity contribution in [1.29, 1.82) is 0 Å². The van der Waals surface area contributed by atoms with Crippen LogP contribution in [0.5, 0.6) is 0 Å². The second-order valence-corrected chi connectivity index (χ2v) is 2.65. The van der Waals surface area contributed by atoms with E-state index in [1.165, 1.54) is 12.4 Å². The van der Waals surface area contributed by atoms with Gasteiger partial charge < -0.3 is 15.7 Å². The van der Waals surface area contributed by atoms with E-state index in [-0.39, 0.29) is 11.1 Å². The number of aromatic nitrogens is 3. The molecule has 0 atom stereocenters. The SMILES string of the molecule is Nc1nc(Cl)c2cn([O-])cc2n1. The fraction of sp³-hybridized carbons (Fsp3) is 0. The first-order valence-corrected chi connectivity index (χ1v) is 3.53. The molecule has 2 rings (SSSR count). The van der Waals surface area contributed by atoms with E-state index < -0.39 is 0 Å². The van der Waals surface area contributed by atoms with Crippen LogP contribution in [-0.2, 0) is 0 Å². The van der Waals surface area contributed by atoms with E-state index in [1.54, 1.807) is 0 Å². The van der Waals surface area contributed by atoms with Crippen molar-refractivity contribution in [2.24, 2.45) is 0 Å². The summed E-state index contributed by atoms with van der Waals surface area (Å²) in [4.78, 5) is 7.51. The van der Waals surface area contributed by atoms with Crippen molar-refractivity contribution in [2.45, 2.75) is 0 Å². The summed E-state index contributed by atoms with van der Waals surface area (Å²) in [5.74, 6) is 0.0682. The molecule has 5 nitrogen and oxygen atoms in total. The summed E-state index contributed by atoms with van der Waals surface area (Å²) >= 11 is 5.69. The number of anilines is 1. The lowest BCUT2D eigenvalue weighted by Crippen LogP contribution is -1.93. The number of nitrogens with two attached hydrogens (primary N) is 1. The summed E-state index contributed by atoms with van der Waals surface area (Å²) in [5.41, 5.74) is 5.78. The summed E-state index contributed by atoms with van der Waals surface area (Å²) in [7, 11) is 0. The molecule has 2 N–H and O–H groups in total. The van der Waals surface area contributed by atoms with Gasteiger partial charge in [0.15, 0.2) is 0 Å². The highest BCUT2D eigenvalue weighted by Gasteiger charge is 2.03. The lowest BCUT2D eigenvalue weighted by atomic mass is 10.4. The number of hydrogen-bond acceptors (Lipinski definition) is 4.